The molecule has 4 N–H and O–H groups in total. The molecule has 0 bridgehead atoms. The zero-order valence-electron chi connectivity index (χ0n) is 9.04. The molecule has 18 heavy (non-hydrogen) atoms. The van der Waals surface area contributed by atoms with Gasteiger partial charge >= 0.3 is 15.2 Å². The van der Waals surface area contributed by atoms with E-state index in [1.165, 1.54) is 12.4 Å². The first-order valence-electron chi connectivity index (χ1n) is 4.70. The van der Waals surface area contributed by atoms with Crippen LogP contribution in [0.3, 0.4) is 0 Å². The van der Waals surface area contributed by atoms with Crippen molar-refractivity contribution in [3.63, 3.8) is 0 Å². The minimum absolute atomic E-state index is 0.493. The van der Waals surface area contributed by atoms with Crippen LogP contribution in [0.25, 0.3) is 0 Å². The summed E-state index contributed by atoms with van der Waals surface area (Å²) in [5, 5.41) is -2.09. The first-order valence-corrected chi connectivity index (χ1v) is 8.07. The summed E-state index contributed by atoms with van der Waals surface area (Å²) in [6.07, 6.45) is 2.36. The smallest absolute Gasteiger partial charge is 0.324 e. The van der Waals surface area contributed by atoms with Gasteiger partial charge in [-0.25, -0.2) is 0 Å². The van der Waals surface area contributed by atoms with Gasteiger partial charge < -0.3 is 19.6 Å². The standard InChI is InChI=1S/C9H11NO6P2/c11-17(12,13)9(18(14,15)16)5-1-3-8-4-2-6-10-7-8/h2,4,6-7,9H,5H2,(H2,11,12,13)(H2,14,15,16). The van der Waals surface area contributed by atoms with Crippen LogP contribution in [0, 0.1) is 11.8 Å². The molecule has 0 aliphatic carbocycles. The molecule has 0 saturated heterocycles. The van der Waals surface area contributed by atoms with E-state index in [-0.39, 0.29) is 0 Å². The SMILES string of the molecule is O=P(O)(O)C(CC#Cc1cccnc1)P(=O)(O)O. The topological polar surface area (TPSA) is 128 Å². The van der Waals surface area contributed by atoms with E-state index < -0.39 is 27.0 Å². The molecule has 1 aromatic rings. The lowest BCUT2D eigenvalue weighted by Crippen LogP contribution is -2.08. The van der Waals surface area contributed by atoms with Gasteiger partial charge in [-0.1, -0.05) is 11.8 Å². The average Bonchev–Trinajstić information content (AvgIpc) is 2.22. The van der Waals surface area contributed by atoms with Crippen LogP contribution in [0.5, 0.6) is 0 Å². The highest BCUT2D eigenvalue weighted by atomic mass is 31.2. The Morgan fingerprint density at radius 2 is 1.83 bits per heavy atom. The predicted molar refractivity (Wildman–Crippen MR) is 63.6 cm³/mol. The normalized spacial score (nSPS) is 12.1. The third-order valence-corrected chi connectivity index (χ3v) is 5.68. The molecule has 0 aliphatic heterocycles. The molecule has 0 saturated carbocycles. The van der Waals surface area contributed by atoms with Gasteiger partial charge in [0.2, 0.25) is 0 Å². The Bertz CT molecular complexity index is 529. The second-order valence-corrected chi connectivity index (χ2v) is 7.42. The summed E-state index contributed by atoms with van der Waals surface area (Å²) in [6.45, 7) is 0. The van der Waals surface area contributed by atoms with E-state index in [9.17, 15) is 9.13 Å². The molecular formula is C9H11NO6P2. The van der Waals surface area contributed by atoms with Crippen LogP contribution in [-0.4, -0.2) is 30.0 Å². The van der Waals surface area contributed by atoms with Gasteiger partial charge in [0.05, 0.1) is 0 Å². The summed E-state index contributed by atoms with van der Waals surface area (Å²) >= 11 is 0. The minimum Gasteiger partial charge on any atom is -0.324 e. The van der Waals surface area contributed by atoms with Crippen molar-refractivity contribution in [2.24, 2.45) is 0 Å². The van der Waals surface area contributed by atoms with Crippen molar-refractivity contribution in [2.45, 2.75) is 11.8 Å². The van der Waals surface area contributed by atoms with Crippen molar-refractivity contribution in [3.8, 4) is 11.8 Å². The lowest BCUT2D eigenvalue weighted by atomic mass is 10.3. The van der Waals surface area contributed by atoms with Crippen LogP contribution in [0.2, 0.25) is 0 Å². The van der Waals surface area contributed by atoms with Crippen LogP contribution in [-0.2, 0) is 9.13 Å². The zero-order valence-corrected chi connectivity index (χ0v) is 10.8. The van der Waals surface area contributed by atoms with Gasteiger partial charge in [0.25, 0.3) is 0 Å². The number of rotatable bonds is 3. The highest BCUT2D eigenvalue weighted by Crippen LogP contribution is 2.61. The number of aromatic nitrogens is 1. The monoisotopic (exact) mass is 291 g/mol. The quantitative estimate of drug-likeness (QED) is 0.471. The summed E-state index contributed by atoms with van der Waals surface area (Å²) in [7, 11) is -9.80. The fourth-order valence-corrected chi connectivity index (χ4v) is 3.34. The van der Waals surface area contributed by atoms with Gasteiger partial charge in [-0.2, -0.15) is 0 Å². The number of hydrogen-bond acceptors (Lipinski definition) is 3. The van der Waals surface area contributed by atoms with E-state index in [1.54, 1.807) is 12.1 Å². The zero-order chi connectivity index (χ0) is 13.8. The molecule has 0 aromatic carbocycles. The Balaban J connectivity index is 2.86. The number of pyridine rings is 1. The molecular weight excluding hydrogens is 280 g/mol. The highest BCUT2D eigenvalue weighted by Gasteiger charge is 2.42. The molecule has 9 heteroatoms. The van der Waals surface area contributed by atoms with Crippen molar-refractivity contribution in [2.75, 3.05) is 0 Å². The van der Waals surface area contributed by atoms with Gasteiger partial charge in [0.15, 0.2) is 5.40 Å². The summed E-state index contributed by atoms with van der Waals surface area (Å²) in [5.41, 5.74) is 0.493. The largest absolute Gasteiger partial charge is 0.341 e. The first kappa shape index (κ1) is 15.1. The maximum Gasteiger partial charge on any atom is 0.341 e. The van der Waals surface area contributed by atoms with Crippen molar-refractivity contribution in [1.82, 2.24) is 4.98 Å². The van der Waals surface area contributed by atoms with Crippen LogP contribution in [0.1, 0.15) is 12.0 Å². The molecule has 7 nitrogen and oxygen atoms in total. The molecule has 1 aromatic heterocycles. The maximum atomic E-state index is 10.9. The summed E-state index contributed by atoms with van der Waals surface area (Å²) in [6, 6.07) is 3.23. The Kier molecular flexibility index (Phi) is 4.83. The molecule has 0 radical (unpaired) electrons. The fraction of sp³-hybridized carbons (Fsp3) is 0.222. The van der Waals surface area contributed by atoms with Crippen molar-refractivity contribution < 1.29 is 28.7 Å². The average molecular weight is 291 g/mol. The Labute approximate surface area is 103 Å². The Morgan fingerprint density at radius 1 is 1.22 bits per heavy atom. The summed E-state index contributed by atoms with van der Waals surface area (Å²) in [5.74, 6) is 4.86. The number of nitrogens with zero attached hydrogens (tertiary/aromatic N) is 1. The Morgan fingerprint density at radius 3 is 2.28 bits per heavy atom. The molecule has 0 atom stereocenters. The summed E-state index contributed by atoms with van der Waals surface area (Å²) in [4.78, 5) is 39.2. The predicted octanol–water partition coefficient (Wildman–Crippen LogP) is 0.505. The van der Waals surface area contributed by atoms with Gasteiger partial charge in [-0.3, -0.25) is 14.1 Å². The van der Waals surface area contributed by atoms with E-state index in [0.29, 0.717) is 5.56 Å². The lowest BCUT2D eigenvalue weighted by Gasteiger charge is -2.16. The minimum atomic E-state index is -4.90. The van der Waals surface area contributed by atoms with Crippen LogP contribution in [0.4, 0.5) is 0 Å². The molecule has 0 fully saturated rings. The molecule has 0 unspecified atom stereocenters. The van der Waals surface area contributed by atoms with E-state index in [4.69, 9.17) is 19.6 Å². The first-order chi connectivity index (χ1) is 8.21. The van der Waals surface area contributed by atoms with Gasteiger partial charge in [0, 0.05) is 24.4 Å². The second-order valence-electron chi connectivity index (χ2n) is 3.41. The molecule has 0 spiro atoms. The fourth-order valence-electron chi connectivity index (χ4n) is 1.11. The molecule has 0 amide bonds. The number of hydrogen-bond donors (Lipinski definition) is 4. The molecule has 0 aliphatic rings. The van der Waals surface area contributed by atoms with E-state index in [2.05, 4.69) is 16.8 Å². The van der Waals surface area contributed by atoms with E-state index in [0.717, 1.165) is 0 Å². The van der Waals surface area contributed by atoms with E-state index >= 15 is 0 Å². The van der Waals surface area contributed by atoms with Crippen LogP contribution < -0.4 is 0 Å². The maximum absolute atomic E-state index is 10.9. The Hall–Kier alpha value is -0.990. The summed E-state index contributed by atoms with van der Waals surface area (Å²) < 4.78 is 21.9. The van der Waals surface area contributed by atoms with E-state index in [1.807, 2.05) is 0 Å². The van der Waals surface area contributed by atoms with Gasteiger partial charge in [-0.15, -0.1) is 0 Å². The van der Waals surface area contributed by atoms with Crippen molar-refractivity contribution in [3.05, 3.63) is 30.1 Å². The molecule has 98 valence electrons. The second kappa shape index (κ2) is 5.77. The highest BCUT2D eigenvalue weighted by molar-refractivity contribution is 7.70. The van der Waals surface area contributed by atoms with Crippen LogP contribution in [0.15, 0.2) is 24.5 Å². The third-order valence-electron chi connectivity index (χ3n) is 1.96. The molecule has 1 rings (SSSR count). The van der Waals surface area contributed by atoms with Gasteiger partial charge in [0.1, 0.15) is 0 Å². The van der Waals surface area contributed by atoms with Gasteiger partial charge in [-0.05, 0) is 12.1 Å². The molecule has 1 heterocycles. The van der Waals surface area contributed by atoms with Crippen molar-refractivity contribution in [1.29, 1.82) is 0 Å². The lowest BCUT2D eigenvalue weighted by molar-refractivity contribution is 0.339. The van der Waals surface area contributed by atoms with Crippen LogP contribution >= 0.6 is 15.2 Å². The third kappa shape index (κ3) is 4.71. The van der Waals surface area contributed by atoms with Crippen molar-refractivity contribution >= 4 is 15.2 Å².